The lowest BCUT2D eigenvalue weighted by molar-refractivity contribution is -0.141. The van der Waals surface area contributed by atoms with Crippen LogP contribution >= 0.6 is 23.2 Å². The van der Waals surface area contributed by atoms with Gasteiger partial charge >= 0.3 is 6.18 Å². The predicted octanol–water partition coefficient (Wildman–Crippen LogP) is 7.02. The minimum absolute atomic E-state index is 0.385. The van der Waals surface area contributed by atoms with Crippen molar-refractivity contribution in [3.63, 3.8) is 0 Å². The van der Waals surface area contributed by atoms with Gasteiger partial charge in [-0.25, -0.2) is 9.50 Å². The van der Waals surface area contributed by atoms with Crippen LogP contribution in [0.3, 0.4) is 0 Å². The predicted molar refractivity (Wildman–Crippen MR) is 145 cm³/mol. The van der Waals surface area contributed by atoms with Gasteiger partial charge in [-0.2, -0.15) is 18.3 Å². The van der Waals surface area contributed by atoms with Gasteiger partial charge in [0.15, 0.2) is 5.65 Å². The second-order valence-electron chi connectivity index (χ2n) is 9.26. The van der Waals surface area contributed by atoms with Crippen molar-refractivity contribution in [2.75, 3.05) is 18.0 Å². The van der Waals surface area contributed by atoms with E-state index < -0.39 is 18.0 Å². The minimum atomic E-state index is -4.56. The SMILES string of the molecule is O[C@@H]1CCN(c2cc(-c3ccc(C(F)(F)F)nc3)n3nc(-c4ccccc4Cl)c(-c4ccc(Cl)cc4)c3n2)C1. The summed E-state index contributed by atoms with van der Waals surface area (Å²) in [5.74, 6) is 0.565. The zero-order valence-corrected chi connectivity index (χ0v) is 21.7. The molecule has 0 bridgehead atoms. The summed E-state index contributed by atoms with van der Waals surface area (Å²) < 4.78 is 41.3. The average molecular weight is 570 g/mol. The van der Waals surface area contributed by atoms with E-state index in [0.717, 1.165) is 11.6 Å². The third-order valence-corrected chi connectivity index (χ3v) is 7.26. The summed E-state index contributed by atoms with van der Waals surface area (Å²) in [7, 11) is 0. The van der Waals surface area contributed by atoms with Crippen LogP contribution in [0, 0.1) is 0 Å². The maximum atomic E-state index is 13.2. The number of β-amino-alcohol motifs (C(OH)–C–C–N with tert-alkyl or cyclic N) is 1. The van der Waals surface area contributed by atoms with E-state index in [9.17, 15) is 18.3 Å². The average Bonchev–Trinajstić information content (AvgIpc) is 3.52. The molecule has 1 fully saturated rings. The third-order valence-electron chi connectivity index (χ3n) is 6.67. The molecule has 1 saturated heterocycles. The second kappa shape index (κ2) is 9.82. The van der Waals surface area contributed by atoms with E-state index in [4.69, 9.17) is 33.3 Å². The van der Waals surface area contributed by atoms with Crippen molar-refractivity contribution < 1.29 is 18.3 Å². The zero-order valence-electron chi connectivity index (χ0n) is 20.2. The standard InChI is InChI=1S/C28H20Cl2F3N5O/c29-18-8-5-16(6-9-18)25-26(20-3-1-2-4-21(20)30)36-38-22(17-7-10-23(34-14-17)28(31,32)33)13-24(35-27(25)38)37-12-11-19(39)15-37/h1-10,13-14,19,39H,11-12,15H2/t19-/m1/s1. The number of halogens is 5. The van der Waals surface area contributed by atoms with Gasteiger partial charge in [0.05, 0.1) is 22.4 Å². The molecule has 11 heteroatoms. The molecular formula is C28H20Cl2F3N5O. The molecule has 0 aliphatic carbocycles. The second-order valence-corrected chi connectivity index (χ2v) is 10.1. The Morgan fingerprint density at radius 1 is 0.949 bits per heavy atom. The van der Waals surface area contributed by atoms with Crippen LogP contribution in [-0.4, -0.2) is 43.9 Å². The minimum Gasteiger partial charge on any atom is -0.391 e. The van der Waals surface area contributed by atoms with Gasteiger partial charge in [0.1, 0.15) is 17.2 Å². The molecule has 0 saturated carbocycles. The Morgan fingerprint density at radius 3 is 2.33 bits per heavy atom. The van der Waals surface area contributed by atoms with E-state index in [-0.39, 0.29) is 0 Å². The van der Waals surface area contributed by atoms with E-state index in [0.29, 0.717) is 69.1 Å². The van der Waals surface area contributed by atoms with Gasteiger partial charge in [-0.1, -0.05) is 53.5 Å². The van der Waals surface area contributed by atoms with Gasteiger partial charge in [0.2, 0.25) is 0 Å². The number of aromatic nitrogens is 4. The van der Waals surface area contributed by atoms with E-state index in [1.165, 1.54) is 12.3 Å². The van der Waals surface area contributed by atoms with E-state index in [1.807, 2.05) is 35.2 Å². The maximum absolute atomic E-state index is 13.2. The molecule has 3 aromatic heterocycles. The lowest BCUT2D eigenvalue weighted by Gasteiger charge is -2.18. The van der Waals surface area contributed by atoms with Crippen molar-refractivity contribution in [1.29, 1.82) is 0 Å². The molecule has 1 N–H and O–H groups in total. The highest BCUT2D eigenvalue weighted by Crippen LogP contribution is 2.40. The van der Waals surface area contributed by atoms with Crippen LogP contribution in [0.5, 0.6) is 0 Å². The molecule has 198 valence electrons. The van der Waals surface area contributed by atoms with Crippen LogP contribution in [0.15, 0.2) is 72.9 Å². The fourth-order valence-corrected chi connectivity index (χ4v) is 5.11. The molecule has 0 amide bonds. The van der Waals surface area contributed by atoms with Gasteiger partial charge in [0, 0.05) is 41.5 Å². The van der Waals surface area contributed by atoms with Crippen LogP contribution in [0.2, 0.25) is 10.0 Å². The number of nitrogens with zero attached hydrogens (tertiary/aromatic N) is 5. The number of fused-ring (bicyclic) bond motifs is 1. The van der Waals surface area contributed by atoms with Crippen molar-refractivity contribution in [1.82, 2.24) is 19.6 Å². The Balaban J connectivity index is 1.66. The first kappa shape index (κ1) is 25.6. The number of alkyl halides is 3. The highest BCUT2D eigenvalue weighted by Gasteiger charge is 2.32. The number of hydrogen-bond donors (Lipinski definition) is 1. The van der Waals surface area contributed by atoms with Gasteiger partial charge in [-0.15, -0.1) is 0 Å². The molecule has 6 rings (SSSR count). The van der Waals surface area contributed by atoms with Crippen molar-refractivity contribution in [3.8, 4) is 33.6 Å². The van der Waals surface area contributed by atoms with E-state index >= 15 is 0 Å². The van der Waals surface area contributed by atoms with E-state index in [1.54, 1.807) is 28.8 Å². The monoisotopic (exact) mass is 569 g/mol. The Hall–Kier alpha value is -3.66. The molecule has 6 nitrogen and oxygen atoms in total. The number of aliphatic hydroxyl groups is 1. The molecule has 39 heavy (non-hydrogen) atoms. The number of benzene rings is 2. The Labute approximate surface area is 231 Å². The van der Waals surface area contributed by atoms with Crippen LogP contribution in [-0.2, 0) is 6.18 Å². The number of rotatable bonds is 4. The summed E-state index contributed by atoms with van der Waals surface area (Å²) in [6, 6.07) is 18.6. The van der Waals surface area contributed by atoms with Crippen LogP contribution in [0.1, 0.15) is 12.1 Å². The largest absolute Gasteiger partial charge is 0.433 e. The van der Waals surface area contributed by atoms with Gasteiger partial charge in [-0.3, -0.25) is 4.98 Å². The lowest BCUT2D eigenvalue weighted by Crippen LogP contribution is -2.22. The molecule has 4 heterocycles. The third kappa shape index (κ3) is 4.82. The zero-order chi connectivity index (χ0) is 27.3. The van der Waals surface area contributed by atoms with Gasteiger partial charge in [-0.05, 0) is 42.3 Å². The Morgan fingerprint density at radius 2 is 1.69 bits per heavy atom. The Kier molecular flexibility index (Phi) is 6.45. The number of pyridine rings is 1. The first-order valence-corrected chi connectivity index (χ1v) is 12.9. The van der Waals surface area contributed by atoms with E-state index in [2.05, 4.69) is 4.98 Å². The summed E-state index contributed by atoms with van der Waals surface area (Å²) in [6.07, 6.45) is -3.30. The lowest BCUT2D eigenvalue weighted by atomic mass is 10.0. The first-order chi connectivity index (χ1) is 18.7. The molecule has 1 aliphatic heterocycles. The molecule has 1 aliphatic rings. The van der Waals surface area contributed by atoms with Gasteiger partial charge in [0.25, 0.3) is 0 Å². The topological polar surface area (TPSA) is 66.5 Å². The van der Waals surface area contributed by atoms with Crippen molar-refractivity contribution >= 4 is 34.7 Å². The fraction of sp³-hybridized carbons (Fsp3) is 0.179. The summed E-state index contributed by atoms with van der Waals surface area (Å²) in [6.45, 7) is 0.965. The summed E-state index contributed by atoms with van der Waals surface area (Å²) in [5, 5.41) is 16.1. The Bertz CT molecular complexity index is 1670. The highest BCUT2D eigenvalue weighted by molar-refractivity contribution is 6.33. The summed E-state index contributed by atoms with van der Waals surface area (Å²) >= 11 is 12.8. The molecule has 0 spiro atoms. The fourth-order valence-electron chi connectivity index (χ4n) is 4.76. The normalized spacial score (nSPS) is 15.8. The first-order valence-electron chi connectivity index (χ1n) is 12.1. The number of anilines is 1. The van der Waals surface area contributed by atoms with Crippen LogP contribution in [0.4, 0.5) is 19.0 Å². The summed E-state index contributed by atoms with van der Waals surface area (Å²) in [5.41, 5.74) is 3.09. The van der Waals surface area contributed by atoms with Crippen molar-refractivity contribution in [2.45, 2.75) is 18.7 Å². The maximum Gasteiger partial charge on any atom is 0.433 e. The van der Waals surface area contributed by atoms with Gasteiger partial charge < -0.3 is 10.0 Å². The summed E-state index contributed by atoms with van der Waals surface area (Å²) in [4.78, 5) is 10.6. The van der Waals surface area contributed by atoms with Crippen molar-refractivity contribution in [3.05, 3.63) is 88.7 Å². The molecule has 0 radical (unpaired) electrons. The molecule has 1 atom stereocenters. The molecule has 5 aromatic rings. The van der Waals surface area contributed by atoms with Crippen LogP contribution < -0.4 is 4.90 Å². The molecule has 2 aromatic carbocycles. The number of hydrogen-bond acceptors (Lipinski definition) is 5. The quantitative estimate of drug-likeness (QED) is 0.252. The smallest absolute Gasteiger partial charge is 0.391 e. The molecule has 0 unspecified atom stereocenters. The van der Waals surface area contributed by atoms with Crippen molar-refractivity contribution in [2.24, 2.45) is 0 Å². The number of aliphatic hydroxyl groups excluding tert-OH is 1. The highest BCUT2D eigenvalue weighted by atomic mass is 35.5. The molecular weight excluding hydrogens is 550 g/mol. The van der Waals surface area contributed by atoms with Crippen LogP contribution in [0.25, 0.3) is 39.3 Å².